The molecule has 142 valence electrons. The molecule has 0 saturated heterocycles. The topological polar surface area (TPSA) is 79.9 Å². The fourth-order valence-corrected chi connectivity index (χ4v) is 3.22. The number of ether oxygens (including phenoxy) is 1. The molecular formula is C22H24O5. The molecule has 1 aromatic heterocycles. The first-order valence-corrected chi connectivity index (χ1v) is 9.07. The van der Waals surface area contributed by atoms with Gasteiger partial charge in [0.25, 0.3) is 0 Å². The van der Waals surface area contributed by atoms with Gasteiger partial charge in [-0.05, 0) is 61.2 Å². The van der Waals surface area contributed by atoms with E-state index in [1.807, 2.05) is 39.0 Å². The molecule has 0 atom stereocenters. The zero-order valence-corrected chi connectivity index (χ0v) is 15.8. The Morgan fingerprint density at radius 2 is 1.89 bits per heavy atom. The van der Waals surface area contributed by atoms with Crippen LogP contribution in [0.4, 0.5) is 0 Å². The van der Waals surface area contributed by atoms with Crippen molar-refractivity contribution < 1.29 is 24.2 Å². The number of aryl methyl sites for hydroxylation is 2. The second-order valence-corrected chi connectivity index (χ2v) is 6.74. The number of phenolic OH excluding ortho intramolecular Hbond substituents is 1. The van der Waals surface area contributed by atoms with Crippen molar-refractivity contribution in [2.24, 2.45) is 0 Å². The van der Waals surface area contributed by atoms with Crippen LogP contribution in [-0.2, 0) is 24.2 Å². The molecule has 2 N–H and O–H groups in total. The van der Waals surface area contributed by atoms with Crippen LogP contribution < -0.4 is 4.74 Å². The van der Waals surface area contributed by atoms with Crippen LogP contribution in [0.25, 0.3) is 11.0 Å². The van der Waals surface area contributed by atoms with E-state index in [4.69, 9.17) is 14.3 Å². The van der Waals surface area contributed by atoms with Gasteiger partial charge in [-0.15, -0.1) is 0 Å². The summed E-state index contributed by atoms with van der Waals surface area (Å²) in [7, 11) is 0. The number of phenols is 1. The lowest BCUT2D eigenvalue weighted by atomic mass is 9.99. The molecule has 3 aromatic rings. The molecule has 0 aliphatic carbocycles. The number of carboxylic acids is 1. The Morgan fingerprint density at radius 3 is 2.59 bits per heavy atom. The highest BCUT2D eigenvalue weighted by atomic mass is 16.5. The number of rotatable bonds is 7. The second-order valence-electron chi connectivity index (χ2n) is 6.74. The number of furan rings is 1. The summed E-state index contributed by atoms with van der Waals surface area (Å²) in [6.07, 6.45) is 1.40. The minimum Gasteiger partial charge on any atom is -0.508 e. The maximum absolute atomic E-state index is 10.8. The first-order valence-electron chi connectivity index (χ1n) is 9.07. The van der Waals surface area contributed by atoms with Crippen molar-refractivity contribution in [3.63, 3.8) is 0 Å². The predicted octanol–water partition coefficient (Wildman–Crippen LogP) is 4.91. The number of hydrogen-bond acceptors (Lipinski definition) is 4. The molecule has 0 unspecified atom stereocenters. The Hall–Kier alpha value is -2.95. The normalized spacial score (nSPS) is 11.1. The lowest BCUT2D eigenvalue weighted by molar-refractivity contribution is -0.136. The van der Waals surface area contributed by atoms with Gasteiger partial charge in [-0.1, -0.05) is 13.0 Å². The number of carbonyl (C=O) groups is 1. The van der Waals surface area contributed by atoms with E-state index in [0.717, 1.165) is 51.2 Å². The molecule has 0 amide bonds. The number of aromatic hydroxyl groups is 1. The Kier molecular flexibility index (Phi) is 5.40. The molecule has 1 heterocycles. The summed E-state index contributed by atoms with van der Waals surface area (Å²) in [5.41, 5.74) is 4.57. The molecule has 0 aliphatic heterocycles. The SMILES string of the molecule is CCc1cc2cc(O)cc(COc3ccc(CCC(=O)O)c(C)c3C)c2o1. The van der Waals surface area contributed by atoms with Crippen LogP contribution in [0.15, 0.2) is 34.7 Å². The van der Waals surface area contributed by atoms with Crippen LogP contribution in [-0.4, -0.2) is 16.2 Å². The van der Waals surface area contributed by atoms with Crippen molar-refractivity contribution in [1.82, 2.24) is 0 Å². The molecule has 27 heavy (non-hydrogen) atoms. The van der Waals surface area contributed by atoms with E-state index in [0.29, 0.717) is 6.42 Å². The molecule has 3 rings (SSSR count). The summed E-state index contributed by atoms with van der Waals surface area (Å²) < 4.78 is 11.9. The minimum atomic E-state index is -0.801. The van der Waals surface area contributed by atoms with E-state index >= 15 is 0 Å². The van der Waals surface area contributed by atoms with Crippen molar-refractivity contribution in [2.75, 3.05) is 0 Å². The Balaban J connectivity index is 1.82. The zero-order valence-electron chi connectivity index (χ0n) is 15.8. The third-order valence-corrected chi connectivity index (χ3v) is 4.92. The Morgan fingerprint density at radius 1 is 1.11 bits per heavy atom. The molecule has 0 aliphatic rings. The van der Waals surface area contributed by atoms with Crippen LogP contribution in [0.5, 0.6) is 11.5 Å². The summed E-state index contributed by atoms with van der Waals surface area (Å²) in [4.78, 5) is 10.8. The van der Waals surface area contributed by atoms with Crippen molar-refractivity contribution in [1.29, 1.82) is 0 Å². The fraction of sp³-hybridized carbons (Fsp3) is 0.318. The number of carboxylic acid groups (broad SMARTS) is 1. The van der Waals surface area contributed by atoms with Gasteiger partial charge in [0.2, 0.25) is 0 Å². The summed E-state index contributed by atoms with van der Waals surface area (Å²) in [6.45, 7) is 6.24. The molecule has 5 heteroatoms. The predicted molar refractivity (Wildman–Crippen MR) is 103 cm³/mol. The maximum atomic E-state index is 10.8. The van der Waals surface area contributed by atoms with Crippen LogP contribution in [0, 0.1) is 13.8 Å². The van der Waals surface area contributed by atoms with Gasteiger partial charge in [-0.2, -0.15) is 0 Å². The lowest BCUT2D eigenvalue weighted by Gasteiger charge is -2.14. The highest BCUT2D eigenvalue weighted by molar-refractivity contribution is 5.82. The molecule has 5 nitrogen and oxygen atoms in total. The average Bonchev–Trinajstić information content (AvgIpc) is 3.04. The second kappa shape index (κ2) is 7.74. The quantitative estimate of drug-likeness (QED) is 0.619. The van der Waals surface area contributed by atoms with Gasteiger partial charge in [-0.25, -0.2) is 0 Å². The lowest BCUT2D eigenvalue weighted by Crippen LogP contribution is -2.03. The van der Waals surface area contributed by atoms with Crippen molar-refractivity contribution in [2.45, 2.75) is 46.6 Å². The van der Waals surface area contributed by atoms with Gasteiger partial charge in [0.15, 0.2) is 0 Å². The minimum absolute atomic E-state index is 0.111. The summed E-state index contributed by atoms with van der Waals surface area (Å²) in [5, 5.41) is 19.7. The molecular weight excluding hydrogens is 344 g/mol. The third kappa shape index (κ3) is 4.08. The van der Waals surface area contributed by atoms with Crippen molar-refractivity contribution in [3.05, 3.63) is 58.3 Å². The van der Waals surface area contributed by atoms with E-state index in [1.165, 1.54) is 0 Å². The van der Waals surface area contributed by atoms with E-state index in [1.54, 1.807) is 12.1 Å². The van der Waals surface area contributed by atoms with Crippen LogP contribution >= 0.6 is 0 Å². The molecule has 0 bridgehead atoms. The first-order chi connectivity index (χ1) is 12.9. The van der Waals surface area contributed by atoms with Gasteiger partial charge in [0.1, 0.15) is 29.4 Å². The van der Waals surface area contributed by atoms with E-state index in [9.17, 15) is 9.90 Å². The van der Waals surface area contributed by atoms with Crippen molar-refractivity contribution in [3.8, 4) is 11.5 Å². The van der Waals surface area contributed by atoms with Gasteiger partial charge in [-0.3, -0.25) is 4.79 Å². The van der Waals surface area contributed by atoms with Gasteiger partial charge >= 0.3 is 5.97 Å². The number of benzene rings is 2. The molecule has 0 spiro atoms. The zero-order chi connectivity index (χ0) is 19.6. The molecule has 0 radical (unpaired) electrons. The van der Waals surface area contributed by atoms with Crippen LogP contribution in [0.1, 0.15) is 41.4 Å². The largest absolute Gasteiger partial charge is 0.508 e. The van der Waals surface area contributed by atoms with E-state index in [-0.39, 0.29) is 18.8 Å². The summed E-state index contributed by atoms with van der Waals surface area (Å²) >= 11 is 0. The number of fused-ring (bicyclic) bond motifs is 1. The van der Waals surface area contributed by atoms with E-state index < -0.39 is 5.97 Å². The smallest absolute Gasteiger partial charge is 0.303 e. The van der Waals surface area contributed by atoms with Crippen LogP contribution in [0.3, 0.4) is 0 Å². The first kappa shape index (κ1) is 18.8. The Bertz CT molecular complexity index is 984. The number of hydrogen-bond donors (Lipinski definition) is 2. The van der Waals surface area contributed by atoms with E-state index in [2.05, 4.69) is 0 Å². The fourth-order valence-electron chi connectivity index (χ4n) is 3.22. The highest BCUT2D eigenvalue weighted by Crippen LogP contribution is 2.31. The summed E-state index contributed by atoms with van der Waals surface area (Å²) in [5.74, 6) is 0.989. The third-order valence-electron chi connectivity index (χ3n) is 4.92. The molecule has 2 aromatic carbocycles. The highest BCUT2D eigenvalue weighted by Gasteiger charge is 2.13. The standard InChI is InChI=1S/C22H24O5/c1-4-19-11-16-9-18(23)10-17(22(16)27-19)12-26-20-7-5-15(6-8-21(24)25)13(2)14(20)3/h5,7,9-11,23H,4,6,8,12H2,1-3H3,(H,24,25). The Labute approximate surface area is 158 Å². The van der Waals surface area contributed by atoms with Crippen molar-refractivity contribution >= 4 is 16.9 Å². The van der Waals surface area contributed by atoms with Gasteiger partial charge < -0.3 is 19.4 Å². The van der Waals surface area contributed by atoms with Crippen LogP contribution in [0.2, 0.25) is 0 Å². The van der Waals surface area contributed by atoms with Gasteiger partial charge in [0, 0.05) is 23.8 Å². The maximum Gasteiger partial charge on any atom is 0.303 e. The summed E-state index contributed by atoms with van der Waals surface area (Å²) in [6, 6.07) is 9.08. The number of aliphatic carboxylic acids is 1. The molecule has 0 saturated carbocycles. The van der Waals surface area contributed by atoms with Gasteiger partial charge in [0.05, 0.1) is 0 Å². The molecule has 0 fully saturated rings. The average molecular weight is 368 g/mol. The monoisotopic (exact) mass is 368 g/mol.